The third kappa shape index (κ3) is 8.10. The quantitative estimate of drug-likeness (QED) is 0.272. The van der Waals surface area contributed by atoms with Crippen LogP contribution in [0.25, 0.3) is 0 Å². The average molecular weight is 536 g/mol. The van der Waals surface area contributed by atoms with Crippen LogP contribution in [0, 0.1) is 17.8 Å². The van der Waals surface area contributed by atoms with Gasteiger partial charge in [-0.25, -0.2) is 0 Å². The third-order valence-corrected chi connectivity index (χ3v) is 9.23. The van der Waals surface area contributed by atoms with Crippen molar-refractivity contribution in [3.05, 3.63) is 24.3 Å². The largest absolute Gasteiger partial charge is 0.393 e. The predicted octanol–water partition coefficient (Wildman–Crippen LogP) is 3.20. The molecule has 0 bridgehead atoms. The van der Waals surface area contributed by atoms with Gasteiger partial charge in [-0.15, -0.1) is 0 Å². The number of nitrogens with one attached hydrogen (secondary N) is 3. The highest BCUT2D eigenvalue weighted by molar-refractivity contribution is 4.99. The molecule has 8 heteroatoms. The second kappa shape index (κ2) is 14.2. The van der Waals surface area contributed by atoms with Crippen LogP contribution >= 0.6 is 0 Å². The molecule has 8 atom stereocenters. The van der Waals surface area contributed by atoms with Gasteiger partial charge < -0.3 is 24.4 Å². The molecule has 0 aromatic heterocycles. The minimum atomic E-state index is -0.441. The van der Waals surface area contributed by atoms with E-state index in [1.165, 1.54) is 0 Å². The molecule has 8 unspecified atom stereocenters. The first-order valence-corrected chi connectivity index (χ1v) is 14.9. The fourth-order valence-corrected chi connectivity index (χ4v) is 7.01. The number of hydrogen-bond donors (Lipinski definition) is 5. The first kappa shape index (κ1) is 30.1. The van der Waals surface area contributed by atoms with Crippen LogP contribution in [-0.2, 0) is 14.2 Å². The number of rotatable bonds is 10. The summed E-state index contributed by atoms with van der Waals surface area (Å²) in [5.74, 6) is 0.678. The minimum Gasteiger partial charge on any atom is -0.393 e. The van der Waals surface area contributed by atoms with Crippen molar-refractivity contribution in [1.29, 1.82) is 0 Å². The van der Waals surface area contributed by atoms with Crippen LogP contribution in [0.3, 0.4) is 0 Å². The summed E-state index contributed by atoms with van der Waals surface area (Å²) in [7, 11) is 1.81. The molecule has 3 saturated carbocycles. The molecule has 5 N–H and O–H groups in total. The van der Waals surface area contributed by atoms with Gasteiger partial charge in [-0.2, -0.15) is 0 Å². The molecule has 0 aromatic rings. The molecule has 1 aliphatic heterocycles. The van der Waals surface area contributed by atoms with Gasteiger partial charge in [-0.3, -0.25) is 16.0 Å². The number of hydrogen-bond acceptors (Lipinski definition) is 8. The molecule has 218 valence electrons. The lowest BCUT2D eigenvalue weighted by Crippen LogP contribution is -2.74. The van der Waals surface area contributed by atoms with Gasteiger partial charge in [0.15, 0.2) is 0 Å². The van der Waals surface area contributed by atoms with Crippen LogP contribution in [0.1, 0.15) is 78.1 Å². The van der Waals surface area contributed by atoms with Crippen molar-refractivity contribution in [1.82, 2.24) is 16.0 Å². The molecule has 4 rings (SSSR count). The van der Waals surface area contributed by atoms with E-state index in [9.17, 15) is 10.2 Å². The zero-order valence-corrected chi connectivity index (χ0v) is 23.9. The van der Waals surface area contributed by atoms with Crippen LogP contribution in [0.4, 0.5) is 0 Å². The van der Waals surface area contributed by atoms with Gasteiger partial charge in [0.25, 0.3) is 0 Å². The Morgan fingerprint density at radius 2 is 1.08 bits per heavy atom. The molecule has 1 saturated heterocycles. The van der Waals surface area contributed by atoms with E-state index >= 15 is 0 Å². The topological polar surface area (TPSA) is 104 Å². The molecule has 3 aliphatic carbocycles. The van der Waals surface area contributed by atoms with E-state index in [2.05, 4.69) is 29.1 Å². The molecule has 4 fully saturated rings. The lowest BCUT2D eigenvalue weighted by atomic mass is 9.78. The van der Waals surface area contributed by atoms with E-state index in [0.717, 1.165) is 62.5 Å². The summed E-state index contributed by atoms with van der Waals surface area (Å²) in [4.78, 5) is 0. The first-order chi connectivity index (χ1) is 18.2. The lowest BCUT2D eigenvalue weighted by molar-refractivity contribution is -0.0747. The Balaban J connectivity index is 1.42. The second-order valence-corrected chi connectivity index (χ2v) is 12.6. The maximum absolute atomic E-state index is 11.2. The van der Waals surface area contributed by atoms with Crippen molar-refractivity contribution < 1.29 is 24.4 Å². The SMILES string of the molecule is C=C(C)COC1CCC(C2NC(C3CCC(OC)CC3)NC(C3CCC(OCC(=C)C)CC3O)N2)C(O)C1. The van der Waals surface area contributed by atoms with Crippen molar-refractivity contribution in [2.75, 3.05) is 20.3 Å². The molecule has 0 amide bonds. The summed E-state index contributed by atoms with van der Waals surface area (Å²) in [6, 6.07) is 0. The lowest BCUT2D eigenvalue weighted by Gasteiger charge is -2.51. The summed E-state index contributed by atoms with van der Waals surface area (Å²) in [5.41, 5.74) is 2.02. The summed E-state index contributed by atoms with van der Waals surface area (Å²) >= 11 is 0. The predicted molar refractivity (Wildman–Crippen MR) is 149 cm³/mol. The van der Waals surface area contributed by atoms with Crippen LogP contribution in [0.2, 0.25) is 0 Å². The maximum atomic E-state index is 11.2. The number of methoxy groups -OCH3 is 1. The Hall–Kier alpha value is -0.840. The van der Waals surface area contributed by atoms with Crippen molar-refractivity contribution in [2.24, 2.45) is 17.8 Å². The van der Waals surface area contributed by atoms with Gasteiger partial charge in [0.05, 0.1) is 62.2 Å². The fourth-order valence-electron chi connectivity index (χ4n) is 7.01. The Bertz CT molecular complexity index is 723. The summed E-state index contributed by atoms with van der Waals surface area (Å²) < 4.78 is 17.6. The van der Waals surface area contributed by atoms with E-state index in [0.29, 0.717) is 38.1 Å². The van der Waals surface area contributed by atoms with Gasteiger partial charge >= 0.3 is 0 Å². The molecule has 8 nitrogen and oxygen atoms in total. The van der Waals surface area contributed by atoms with Crippen molar-refractivity contribution in [2.45, 2.75) is 127 Å². The highest BCUT2D eigenvalue weighted by Crippen LogP contribution is 2.35. The monoisotopic (exact) mass is 535 g/mol. The third-order valence-electron chi connectivity index (χ3n) is 9.23. The van der Waals surface area contributed by atoms with E-state index < -0.39 is 12.2 Å². The van der Waals surface area contributed by atoms with Gasteiger partial charge in [0, 0.05) is 18.9 Å². The smallest absolute Gasteiger partial charge is 0.0675 e. The first-order valence-electron chi connectivity index (χ1n) is 14.9. The zero-order valence-electron chi connectivity index (χ0n) is 23.9. The van der Waals surface area contributed by atoms with Gasteiger partial charge in [-0.1, -0.05) is 24.3 Å². The van der Waals surface area contributed by atoms with Crippen LogP contribution in [0.15, 0.2) is 24.3 Å². The van der Waals surface area contributed by atoms with Gasteiger partial charge in [-0.05, 0) is 84.0 Å². The van der Waals surface area contributed by atoms with E-state index in [1.807, 2.05) is 21.0 Å². The second-order valence-electron chi connectivity index (χ2n) is 12.6. The molecule has 0 spiro atoms. The van der Waals surface area contributed by atoms with Crippen molar-refractivity contribution in [3.8, 4) is 0 Å². The Kier molecular flexibility index (Phi) is 11.2. The standard InChI is InChI=1S/C30H53N3O5/c1-18(2)16-37-22-10-12-24(26(34)14-22)29-31-28(20-6-8-21(36-5)9-7-20)32-30(33-29)25-13-11-23(15-27(25)35)38-17-19(3)4/h20-35H,1,3,6-17H2,2,4-5H3. The number of aliphatic hydroxyl groups excluding tert-OH is 2. The molecule has 0 aromatic carbocycles. The fraction of sp³-hybridized carbons (Fsp3) is 0.867. The van der Waals surface area contributed by atoms with Gasteiger partial charge in [0.2, 0.25) is 0 Å². The number of ether oxygens (including phenoxy) is 3. The highest BCUT2D eigenvalue weighted by atomic mass is 16.5. The maximum Gasteiger partial charge on any atom is 0.0675 e. The van der Waals surface area contributed by atoms with E-state index in [4.69, 9.17) is 14.2 Å². The van der Waals surface area contributed by atoms with E-state index in [-0.39, 0.29) is 42.5 Å². The van der Waals surface area contributed by atoms with Crippen LogP contribution in [0.5, 0.6) is 0 Å². The van der Waals surface area contributed by atoms with Crippen LogP contribution < -0.4 is 16.0 Å². The Morgan fingerprint density at radius 3 is 1.47 bits per heavy atom. The molecular formula is C30H53N3O5. The number of aliphatic hydroxyl groups is 2. The molecule has 4 aliphatic rings. The minimum absolute atomic E-state index is 0.0203. The van der Waals surface area contributed by atoms with Crippen molar-refractivity contribution >= 4 is 0 Å². The average Bonchev–Trinajstić information content (AvgIpc) is 2.90. The molecule has 1 heterocycles. The normalized spacial score (nSPS) is 42.5. The Labute approximate surface area is 229 Å². The summed E-state index contributed by atoms with van der Waals surface area (Å²) in [6.45, 7) is 12.9. The van der Waals surface area contributed by atoms with E-state index in [1.54, 1.807) is 0 Å². The zero-order chi connectivity index (χ0) is 27.2. The molecular weight excluding hydrogens is 482 g/mol. The summed E-state index contributed by atoms with van der Waals surface area (Å²) in [5, 5.41) is 33.9. The summed E-state index contributed by atoms with van der Waals surface area (Å²) in [6.07, 6.45) is 9.04. The van der Waals surface area contributed by atoms with Crippen LogP contribution in [-0.4, -0.2) is 79.6 Å². The molecule has 38 heavy (non-hydrogen) atoms. The van der Waals surface area contributed by atoms with Gasteiger partial charge in [0.1, 0.15) is 0 Å². The van der Waals surface area contributed by atoms with Crippen molar-refractivity contribution in [3.63, 3.8) is 0 Å². The highest BCUT2D eigenvalue weighted by Gasteiger charge is 2.45. The molecule has 0 radical (unpaired) electrons. The Morgan fingerprint density at radius 1 is 0.658 bits per heavy atom.